The molecule has 0 unspecified atom stereocenters. The highest BCUT2D eigenvalue weighted by Crippen LogP contribution is 2.27. The van der Waals surface area contributed by atoms with Crippen molar-refractivity contribution in [2.24, 2.45) is 7.05 Å². The minimum absolute atomic E-state index is 0.0347. The van der Waals surface area contributed by atoms with Crippen molar-refractivity contribution in [1.29, 1.82) is 0 Å². The third kappa shape index (κ3) is 3.74. The van der Waals surface area contributed by atoms with Gasteiger partial charge in [-0.1, -0.05) is 5.21 Å². The molecular weight excluding hydrogens is 440 g/mol. The highest BCUT2D eigenvalue weighted by atomic mass is 16.2. The first-order valence-electron chi connectivity index (χ1n) is 11.8. The maximum atomic E-state index is 14.0. The lowest BCUT2D eigenvalue weighted by Crippen LogP contribution is -2.49. The molecule has 0 radical (unpaired) electrons. The lowest BCUT2D eigenvalue weighted by molar-refractivity contribution is 0.0971. The van der Waals surface area contributed by atoms with E-state index in [0.29, 0.717) is 17.0 Å². The van der Waals surface area contributed by atoms with Crippen LogP contribution in [0.3, 0.4) is 0 Å². The average Bonchev–Trinajstić information content (AvgIpc) is 3.48. The number of piperidine rings is 1. The minimum Gasteiger partial charge on any atom is -0.349 e. The lowest BCUT2D eigenvalue weighted by atomic mass is 10.0. The predicted octanol–water partition coefficient (Wildman–Crippen LogP) is 3.41. The van der Waals surface area contributed by atoms with Crippen molar-refractivity contribution in [3.63, 3.8) is 0 Å². The molecule has 6 rings (SSSR count). The SMILES string of the molecule is Cc1cc(-n2nnc3cccnc32)ccc1C(=O)N(c1cc2ccn(C)c2cn1)[C@@H]1CCCNC1. The number of rotatable bonds is 4. The van der Waals surface area contributed by atoms with Crippen LogP contribution >= 0.6 is 0 Å². The van der Waals surface area contributed by atoms with E-state index >= 15 is 0 Å². The minimum atomic E-state index is -0.0490. The van der Waals surface area contributed by atoms with Crippen LogP contribution < -0.4 is 10.2 Å². The number of anilines is 1. The monoisotopic (exact) mass is 466 g/mol. The van der Waals surface area contributed by atoms with Crippen LogP contribution in [0.1, 0.15) is 28.8 Å². The summed E-state index contributed by atoms with van der Waals surface area (Å²) in [4.78, 5) is 25.0. The summed E-state index contributed by atoms with van der Waals surface area (Å²) in [6, 6.07) is 13.5. The zero-order valence-electron chi connectivity index (χ0n) is 19.7. The van der Waals surface area contributed by atoms with E-state index in [1.807, 2.05) is 72.2 Å². The largest absolute Gasteiger partial charge is 0.349 e. The molecule has 5 heterocycles. The van der Waals surface area contributed by atoms with E-state index < -0.39 is 0 Å². The first-order valence-corrected chi connectivity index (χ1v) is 11.8. The molecule has 1 aliphatic heterocycles. The highest BCUT2D eigenvalue weighted by molar-refractivity contribution is 6.07. The van der Waals surface area contributed by atoms with Crippen LogP contribution in [0.25, 0.3) is 27.8 Å². The van der Waals surface area contributed by atoms with Gasteiger partial charge in [-0.05, 0) is 74.3 Å². The Kier molecular flexibility index (Phi) is 5.26. The van der Waals surface area contributed by atoms with Crippen LogP contribution in [0.15, 0.2) is 61.1 Å². The molecule has 1 saturated heterocycles. The van der Waals surface area contributed by atoms with Crippen molar-refractivity contribution in [1.82, 2.24) is 34.8 Å². The van der Waals surface area contributed by atoms with Gasteiger partial charge in [-0.15, -0.1) is 5.10 Å². The summed E-state index contributed by atoms with van der Waals surface area (Å²) in [7, 11) is 2.00. The van der Waals surface area contributed by atoms with Crippen molar-refractivity contribution < 1.29 is 4.79 Å². The number of carbonyl (C=O) groups excluding carboxylic acids is 1. The number of nitrogens with zero attached hydrogens (tertiary/aromatic N) is 7. The molecule has 4 aromatic heterocycles. The van der Waals surface area contributed by atoms with E-state index in [-0.39, 0.29) is 11.9 Å². The predicted molar refractivity (Wildman–Crippen MR) is 135 cm³/mol. The van der Waals surface area contributed by atoms with Crippen molar-refractivity contribution in [2.75, 3.05) is 18.0 Å². The molecule has 176 valence electrons. The molecule has 1 aliphatic rings. The van der Waals surface area contributed by atoms with Crippen LogP contribution in [0.4, 0.5) is 5.82 Å². The van der Waals surface area contributed by atoms with Gasteiger partial charge in [0.1, 0.15) is 11.3 Å². The molecule has 1 aromatic carbocycles. The first-order chi connectivity index (χ1) is 17.1. The van der Waals surface area contributed by atoms with Gasteiger partial charge in [-0.25, -0.2) is 9.97 Å². The summed E-state index contributed by atoms with van der Waals surface area (Å²) >= 11 is 0. The number of pyridine rings is 2. The van der Waals surface area contributed by atoms with Gasteiger partial charge in [0, 0.05) is 36.9 Å². The summed E-state index contributed by atoms with van der Waals surface area (Å²) in [5, 5.41) is 13.0. The van der Waals surface area contributed by atoms with Gasteiger partial charge >= 0.3 is 0 Å². The molecule has 35 heavy (non-hydrogen) atoms. The number of amides is 1. The van der Waals surface area contributed by atoms with Gasteiger partial charge in [-0.3, -0.25) is 9.69 Å². The summed E-state index contributed by atoms with van der Waals surface area (Å²) in [5.74, 6) is 0.629. The Balaban J connectivity index is 1.39. The van der Waals surface area contributed by atoms with E-state index in [9.17, 15) is 4.79 Å². The van der Waals surface area contributed by atoms with E-state index in [1.165, 1.54) is 0 Å². The molecule has 1 atom stereocenters. The van der Waals surface area contributed by atoms with E-state index in [1.54, 1.807) is 10.9 Å². The Morgan fingerprint density at radius 1 is 1.17 bits per heavy atom. The summed E-state index contributed by atoms with van der Waals surface area (Å²) < 4.78 is 3.73. The number of hydrogen-bond acceptors (Lipinski definition) is 6. The fourth-order valence-corrected chi connectivity index (χ4v) is 4.88. The van der Waals surface area contributed by atoms with Crippen LogP contribution in [-0.4, -0.2) is 54.6 Å². The second kappa shape index (κ2) is 8.59. The molecule has 1 fully saturated rings. The van der Waals surface area contributed by atoms with Crippen LogP contribution in [0.2, 0.25) is 0 Å². The second-order valence-electron chi connectivity index (χ2n) is 9.05. The maximum absolute atomic E-state index is 14.0. The zero-order chi connectivity index (χ0) is 23.9. The number of hydrogen-bond donors (Lipinski definition) is 1. The fourth-order valence-electron chi connectivity index (χ4n) is 4.88. The van der Waals surface area contributed by atoms with E-state index in [0.717, 1.165) is 53.6 Å². The molecule has 9 nitrogen and oxygen atoms in total. The molecular formula is C26H26N8O. The van der Waals surface area contributed by atoms with Crippen LogP contribution in [0.5, 0.6) is 0 Å². The Morgan fingerprint density at radius 2 is 2.09 bits per heavy atom. The maximum Gasteiger partial charge on any atom is 0.260 e. The number of nitrogens with one attached hydrogen (secondary N) is 1. The fraction of sp³-hybridized carbons (Fsp3) is 0.269. The molecule has 1 N–H and O–H groups in total. The average molecular weight is 467 g/mol. The lowest BCUT2D eigenvalue weighted by Gasteiger charge is -2.34. The Bertz CT molecular complexity index is 1550. The first kappa shape index (κ1) is 21.4. The van der Waals surface area contributed by atoms with Crippen LogP contribution in [0, 0.1) is 6.92 Å². The number of aromatic nitrogens is 6. The third-order valence-electron chi connectivity index (χ3n) is 6.75. The zero-order valence-corrected chi connectivity index (χ0v) is 19.7. The standard InChI is InChI=1S/C26H26N8O/c1-17-13-19(34-25-22(30-31-34)6-4-11-28-25)7-8-21(17)26(35)33(20-5-3-10-27-15-20)24-14-18-9-12-32(2)23(18)16-29-24/h4,6-9,11-14,16,20,27H,3,5,10,15H2,1-2H3/t20-/m1/s1. The van der Waals surface area contributed by atoms with E-state index in [2.05, 4.69) is 26.7 Å². The topological polar surface area (TPSA) is 93.8 Å². The number of benzene rings is 1. The highest BCUT2D eigenvalue weighted by Gasteiger charge is 2.30. The molecule has 0 spiro atoms. The summed E-state index contributed by atoms with van der Waals surface area (Å²) in [6.07, 6.45) is 7.53. The molecule has 1 amide bonds. The quantitative estimate of drug-likeness (QED) is 0.436. The van der Waals surface area contributed by atoms with E-state index in [4.69, 9.17) is 4.98 Å². The van der Waals surface area contributed by atoms with Gasteiger partial charge in [0.05, 0.1) is 23.4 Å². The Labute approximate surface area is 202 Å². The molecule has 5 aromatic rings. The molecule has 0 aliphatic carbocycles. The van der Waals surface area contributed by atoms with Crippen molar-refractivity contribution >= 4 is 33.8 Å². The van der Waals surface area contributed by atoms with Gasteiger partial charge < -0.3 is 9.88 Å². The number of carbonyl (C=O) groups is 1. The smallest absolute Gasteiger partial charge is 0.260 e. The van der Waals surface area contributed by atoms with Gasteiger partial charge in [0.2, 0.25) is 0 Å². The van der Waals surface area contributed by atoms with Crippen molar-refractivity contribution in [3.8, 4) is 5.69 Å². The van der Waals surface area contributed by atoms with Crippen molar-refractivity contribution in [3.05, 3.63) is 72.2 Å². The van der Waals surface area contributed by atoms with Gasteiger partial charge in [0.25, 0.3) is 5.91 Å². The second-order valence-corrected chi connectivity index (χ2v) is 9.05. The molecule has 0 saturated carbocycles. The van der Waals surface area contributed by atoms with Crippen molar-refractivity contribution in [2.45, 2.75) is 25.8 Å². The normalized spacial score (nSPS) is 16.1. The molecule has 0 bridgehead atoms. The number of fused-ring (bicyclic) bond motifs is 2. The number of aryl methyl sites for hydroxylation is 2. The Morgan fingerprint density at radius 3 is 2.91 bits per heavy atom. The van der Waals surface area contributed by atoms with Crippen LogP contribution in [-0.2, 0) is 7.05 Å². The summed E-state index contributed by atoms with van der Waals surface area (Å²) in [5.41, 5.74) is 4.77. The van der Waals surface area contributed by atoms with Gasteiger partial charge in [-0.2, -0.15) is 4.68 Å². The Hall–Kier alpha value is -4.11. The van der Waals surface area contributed by atoms with Gasteiger partial charge in [0.15, 0.2) is 5.65 Å². The summed E-state index contributed by atoms with van der Waals surface area (Å²) in [6.45, 7) is 3.67. The third-order valence-corrected chi connectivity index (χ3v) is 6.75. The molecule has 9 heteroatoms.